The summed E-state index contributed by atoms with van der Waals surface area (Å²) in [4.78, 5) is 17.2. The summed E-state index contributed by atoms with van der Waals surface area (Å²) in [7, 11) is 1.67. The minimum atomic E-state index is -0.934. The van der Waals surface area contributed by atoms with Crippen molar-refractivity contribution in [2.24, 2.45) is 11.8 Å². The fraction of sp³-hybridized carbons (Fsp3) is 0.407. The number of carboxylic acids is 1. The molecule has 0 aliphatic carbocycles. The fourth-order valence-electron chi connectivity index (χ4n) is 5.30. The summed E-state index contributed by atoms with van der Waals surface area (Å²) in [6, 6.07) is 14.1. The summed E-state index contributed by atoms with van der Waals surface area (Å²) >= 11 is 5.52. The Balaban J connectivity index is 0.000000231. The number of aliphatic hydroxyl groups is 1. The molecule has 2 bridgehead atoms. The van der Waals surface area contributed by atoms with Crippen LogP contribution < -0.4 is 4.74 Å². The van der Waals surface area contributed by atoms with Gasteiger partial charge in [-0.25, -0.2) is 4.79 Å². The number of benzene rings is 2. The highest BCUT2D eigenvalue weighted by Crippen LogP contribution is 2.42. The monoisotopic (exact) mass is 482 g/mol. The van der Waals surface area contributed by atoms with Crippen molar-refractivity contribution < 1.29 is 19.7 Å². The van der Waals surface area contributed by atoms with Crippen LogP contribution in [0, 0.1) is 11.8 Å². The van der Waals surface area contributed by atoms with Crippen LogP contribution >= 0.6 is 11.6 Å². The molecule has 1 aromatic heterocycles. The molecule has 0 spiro atoms. The van der Waals surface area contributed by atoms with Crippen LogP contribution in [0.15, 0.2) is 54.7 Å². The molecule has 3 aliphatic heterocycles. The lowest BCUT2D eigenvalue weighted by atomic mass is 9.72. The smallest absolute Gasteiger partial charge is 0.335 e. The van der Waals surface area contributed by atoms with Gasteiger partial charge < -0.3 is 14.9 Å². The van der Waals surface area contributed by atoms with Gasteiger partial charge in [0, 0.05) is 29.2 Å². The molecule has 2 aromatic carbocycles. The molecule has 0 radical (unpaired) electrons. The van der Waals surface area contributed by atoms with Crippen molar-refractivity contribution in [2.75, 3.05) is 20.2 Å². The van der Waals surface area contributed by atoms with Gasteiger partial charge in [0.05, 0.1) is 24.3 Å². The van der Waals surface area contributed by atoms with E-state index in [9.17, 15) is 9.90 Å². The molecule has 3 aromatic rings. The summed E-state index contributed by atoms with van der Waals surface area (Å²) in [5.41, 5.74) is 2.14. The first-order chi connectivity index (χ1) is 16.4. The van der Waals surface area contributed by atoms with E-state index in [1.165, 1.54) is 25.0 Å². The van der Waals surface area contributed by atoms with Gasteiger partial charge in [-0.15, -0.1) is 0 Å². The summed E-state index contributed by atoms with van der Waals surface area (Å²) in [5.74, 6) is 1.44. The zero-order chi connectivity index (χ0) is 24.2. The van der Waals surface area contributed by atoms with Crippen LogP contribution in [0.5, 0.6) is 5.75 Å². The Morgan fingerprint density at radius 3 is 2.62 bits per heavy atom. The molecular weight excluding hydrogens is 452 g/mol. The number of aromatic nitrogens is 1. The van der Waals surface area contributed by atoms with Crippen molar-refractivity contribution in [2.45, 2.75) is 38.3 Å². The molecule has 5 atom stereocenters. The van der Waals surface area contributed by atoms with Crippen LogP contribution in [0.25, 0.3) is 10.9 Å². The molecule has 7 heteroatoms. The lowest BCUT2D eigenvalue weighted by Gasteiger charge is -2.51. The molecule has 6 nitrogen and oxygen atoms in total. The first kappa shape index (κ1) is 24.5. The van der Waals surface area contributed by atoms with Crippen LogP contribution in [0.3, 0.4) is 0 Å². The number of methoxy groups -OCH3 is 1. The third kappa shape index (κ3) is 5.19. The maximum atomic E-state index is 11.2. The van der Waals surface area contributed by atoms with Crippen molar-refractivity contribution in [1.82, 2.24) is 9.88 Å². The first-order valence-corrected chi connectivity index (χ1v) is 12.1. The molecule has 3 aliphatic rings. The van der Waals surface area contributed by atoms with Crippen LogP contribution in [0.2, 0.25) is 5.02 Å². The molecule has 0 amide bonds. The number of aliphatic hydroxyl groups excluding tert-OH is 1. The van der Waals surface area contributed by atoms with Gasteiger partial charge in [0.15, 0.2) is 0 Å². The maximum Gasteiger partial charge on any atom is 0.335 e. The molecule has 3 saturated heterocycles. The molecule has 0 saturated carbocycles. The number of carboxylic acid groups (broad SMARTS) is 1. The average Bonchev–Trinajstić information content (AvgIpc) is 2.88. The maximum absolute atomic E-state index is 11.2. The lowest BCUT2D eigenvalue weighted by Crippen LogP contribution is -2.55. The van der Waals surface area contributed by atoms with Crippen molar-refractivity contribution in [3.05, 3.63) is 70.9 Å². The number of piperidine rings is 3. The number of ether oxygens (including phenoxy) is 1. The van der Waals surface area contributed by atoms with E-state index in [1.807, 2.05) is 24.3 Å². The number of halogens is 1. The highest BCUT2D eigenvalue weighted by molar-refractivity contribution is 6.30. The topological polar surface area (TPSA) is 82.9 Å². The zero-order valence-electron chi connectivity index (χ0n) is 19.5. The minimum absolute atomic E-state index is 0.225. The second kappa shape index (κ2) is 10.7. The van der Waals surface area contributed by atoms with Crippen molar-refractivity contribution in [1.29, 1.82) is 0 Å². The Kier molecular flexibility index (Phi) is 7.71. The number of pyridine rings is 1. The van der Waals surface area contributed by atoms with E-state index in [2.05, 4.69) is 16.8 Å². The third-order valence-electron chi connectivity index (χ3n) is 7.22. The average molecular weight is 483 g/mol. The molecule has 3 fully saturated rings. The molecule has 180 valence electrons. The molecular formula is C27H31ClN2O4. The lowest BCUT2D eigenvalue weighted by molar-refractivity contribution is -0.0562. The van der Waals surface area contributed by atoms with Crippen LogP contribution in [0.4, 0.5) is 0 Å². The normalized spacial score (nSPS) is 24.2. The standard InChI is InChI=1S/C20H26N2O2.C7H5ClO2/c1-3-13-12-22-9-7-14(13)10-19(22)20(23)16-6-8-21-18-5-4-15(24-2)11-17(16)18;8-6-3-1-5(2-4-6)7(9)10/h4-6,8,11,13-14,19-20,23H,3,7,9-10,12H2,1-2H3;1-4H,(H,9,10)/t13-,14?,19+,20-;/m1./s1. The first-order valence-electron chi connectivity index (χ1n) is 11.7. The summed E-state index contributed by atoms with van der Waals surface area (Å²) in [6.45, 7) is 4.55. The number of rotatable bonds is 5. The Morgan fingerprint density at radius 1 is 1.24 bits per heavy atom. The van der Waals surface area contributed by atoms with Gasteiger partial charge in [-0.3, -0.25) is 9.88 Å². The predicted molar refractivity (Wildman–Crippen MR) is 134 cm³/mol. The second-order valence-electron chi connectivity index (χ2n) is 9.06. The van der Waals surface area contributed by atoms with E-state index in [4.69, 9.17) is 21.4 Å². The van der Waals surface area contributed by atoms with E-state index in [0.717, 1.165) is 53.6 Å². The predicted octanol–water partition coefficient (Wildman–Crippen LogP) is 5.44. The van der Waals surface area contributed by atoms with Crippen LogP contribution in [-0.4, -0.2) is 52.3 Å². The molecule has 6 rings (SSSR count). The third-order valence-corrected chi connectivity index (χ3v) is 7.47. The van der Waals surface area contributed by atoms with E-state index >= 15 is 0 Å². The van der Waals surface area contributed by atoms with Crippen LogP contribution in [0.1, 0.15) is 48.2 Å². The zero-order valence-corrected chi connectivity index (χ0v) is 20.3. The Morgan fingerprint density at radius 2 is 2.00 bits per heavy atom. The molecule has 4 heterocycles. The highest BCUT2D eigenvalue weighted by atomic mass is 35.5. The van der Waals surface area contributed by atoms with Gasteiger partial charge >= 0.3 is 5.97 Å². The Hall–Kier alpha value is -2.67. The van der Waals surface area contributed by atoms with Gasteiger partial charge in [-0.2, -0.15) is 0 Å². The van der Waals surface area contributed by atoms with Crippen molar-refractivity contribution in [3.63, 3.8) is 0 Å². The summed E-state index contributed by atoms with van der Waals surface area (Å²) in [6.07, 6.45) is 4.97. The van der Waals surface area contributed by atoms with E-state index < -0.39 is 12.1 Å². The number of hydrogen-bond acceptors (Lipinski definition) is 5. The highest BCUT2D eigenvalue weighted by Gasteiger charge is 2.42. The molecule has 2 N–H and O–H groups in total. The van der Waals surface area contributed by atoms with Gasteiger partial charge in [-0.05, 0) is 85.3 Å². The summed E-state index contributed by atoms with van der Waals surface area (Å²) < 4.78 is 5.36. The molecule has 2 unspecified atom stereocenters. The number of hydrogen-bond donors (Lipinski definition) is 2. The van der Waals surface area contributed by atoms with E-state index in [0.29, 0.717) is 5.02 Å². The quantitative estimate of drug-likeness (QED) is 0.504. The van der Waals surface area contributed by atoms with E-state index in [1.54, 1.807) is 25.4 Å². The number of nitrogens with zero attached hydrogens (tertiary/aromatic N) is 2. The SMILES string of the molecule is CC[C@@H]1CN2CCC1C[C@H]2[C@H](O)c1ccnc2ccc(OC)cc12.O=C(O)c1ccc(Cl)cc1. The Bertz CT molecular complexity index is 1140. The number of carbonyl (C=O) groups is 1. The minimum Gasteiger partial charge on any atom is -0.497 e. The Labute approximate surface area is 205 Å². The van der Waals surface area contributed by atoms with Gasteiger partial charge in [0.25, 0.3) is 0 Å². The van der Waals surface area contributed by atoms with Crippen LogP contribution in [-0.2, 0) is 0 Å². The van der Waals surface area contributed by atoms with Crippen molar-refractivity contribution in [3.8, 4) is 5.75 Å². The van der Waals surface area contributed by atoms with E-state index in [-0.39, 0.29) is 11.6 Å². The van der Waals surface area contributed by atoms with Crippen molar-refractivity contribution >= 4 is 28.5 Å². The summed E-state index contributed by atoms with van der Waals surface area (Å²) in [5, 5.41) is 21.2. The van der Waals surface area contributed by atoms with Gasteiger partial charge in [-0.1, -0.05) is 24.9 Å². The van der Waals surface area contributed by atoms with Gasteiger partial charge in [0.2, 0.25) is 0 Å². The van der Waals surface area contributed by atoms with Gasteiger partial charge in [0.1, 0.15) is 5.75 Å². The fourth-order valence-corrected chi connectivity index (χ4v) is 5.43. The number of aromatic carboxylic acids is 1. The second-order valence-corrected chi connectivity index (χ2v) is 9.49. The molecule has 34 heavy (non-hydrogen) atoms. The number of fused-ring (bicyclic) bond motifs is 4. The largest absolute Gasteiger partial charge is 0.497 e.